The molecule has 1 nitrogen and oxygen atoms in total. The Labute approximate surface area is 352 Å². The van der Waals surface area contributed by atoms with Gasteiger partial charge in [0.2, 0.25) is 0 Å². The Bertz CT molecular complexity index is 3600. The number of anilines is 3. The summed E-state index contributed by atoms with van der Waals surface area (Å²) in [6, 6.07) is 82.6. The zero-order chi connectivity index (χ0) is 39.6. The summed E-state index contributed by atoms with van der Waals surface area (Å²) in [4.78, 5) is 2.45. The van der Waals surface area contributed by atoms with Gasteiger partial charge in [-0.1, -0.05) is 164 Å². The SMILES string of the molecule is c1ccc2cc(-c3ccc(N(c4ccc(-c5ccc6cc(-c7ccc8ccccc8c7)ccc6c5)cc4)c4cc5ccccc5c5c4sc4ccccc45)cc3)ccc2c1. The van der Waals surface area contributed by atoms with Crippen LogP contribution in [0.25, 0.3) is 96.6 Å². The molecule has 1 heterocycles. The highest BCUT2D eigenvalue weighted by Crippen LogP contribution is 2.48. The van der Waals surface area contributed by atoms with Gasteiger partial charge in [0.15, 0.2) is 0 Å². The smallest absolute Gasteiger partial charge is 0.0646 e. The summed E-state index contributed by atoms with van der Waals surface area (Å²) in [5.74, 6) is 0. The van der Waals surface area contributed by atoms with Crippen molar-refractivity contribution in [3.8, 4) is 33.4 Å². The molecule has 0 radical (unpaired) electrons. The van der Waals surface area contributed by atoms with E-state index in [0.29, 0.717) is 0 Å². The lowest BCUT2D eigenvalue weighted by Crippen LogP contribution is -2.10. The molecule has 11 aromatic carbocycles. The zero-order valence-corrected chi connectivity index (χ0v) is 33.5. The fourth-order valence-corrected chi connectivity index (χ4v) is 10.3. The first kappa shape index (κ1) is 34.5. The largest absolute Gasteiger partial charge is 0.309 e. The highest BCUT2D eigenvalue weighted by atomic mass is 32.1. The molecule has 12 rings (SSSR count). The Morgan fingerprint density at radius 2 is 0.667 bits per heavy atom. The van der Waals surface area contributed by atoms with E-state index in [1.54, 1.807) is 0 Å². The predicted molar refractivity (Wildman–Crippen MR) is 260 cm³/mol. The number of fused-ring (bicyclic) bond motifs is 8. The lowest BCUT2D eigenvalue weighted by atomic mass is 9.96. The van der Waals surface area contributed by atoms with E-state index in [1.807, 2.05) is 11.3 Å². The van der Waals surface area contributed by atoms with E-state index < -0.39 is 0 Å². The maximum absolute atomic E-state index is 2.45. The number of benzene rings is 11. The van der Waals surface area contributed by atoms with Gasteiger partial charge < -0.3 is 4.90 Å². The minimum atomic E-state index is 1.12. The Hall–Kier alpha value is -7.52. The monoisotopic (exact) mass is 779 g/mol. The van der Waals surface area contributed by atoms with Crippen molar-refractivity contribution in [2.45, 2.75) is 0 Å². The molecule has 2 heteroatoms. The second kappa shape index (κ2) is 14.1. The topological polar surface area (TPSA) is 3.24 Å². The lowest BCUT2D eigenvalue weighted by Gasteiger charge is -2.27. The van der Waals surface area contributed by atoms with E-state index in [2.05, 4.69) is 229 Å². The van der Waals surface area contributed by atoms with Crippen molar-refractivity contribution in [2.24, 2.45) is 0 Å². The van der Waals surface area contributed by atoms with E-state index in [9.17, 15) is 0 Å². The van der Waals surface area contributed by atoms with Gasteiger partial charge in [-0.3, -0.25) is 0 Å². The molecule has 0 aliphatic carbocycles. The molecule has 0 saturated heterocycles. The molecule has 0 amide bonds. The minimum absolute atomic E-state index is 1.12. The van der Waals surface area contributed by atoms with E-state index in [1.165, 1.54) is 102 Å². The van der Waals surface area contributed by atoms with Crippen LogP contribution in [0, 0.1) is 0 Å². The van der Waals surface area contributed by atoms with Gasteiger partial charge in [-0.2, -0.15) is 0 Å². The van der Waals surface area contributed by atoms with E-state index >= 15 is 0 Å². The van der Waals surface area contributed by atoms with Gasteiger partial charge in [0, 0.05) is 26.8 Å². The number of hydrogen-bond acceptors (Lipinski definition) is 2. The summed E-state index contributed by atoms with van der Waals surface area (Å²) in [6.07, 6.45) is 0. The first-order chi connectivity index (χ1) is 29.7. The highest BCUT2D eigenvalue weighted by molar-refractivity contribution is 7.26. The average molecular weight is 780 g/mol. The normalized spacial score (nSPS) is 11.7. The van der Waals surface area contributed by atoms with Crippen molar-refractivity contribution < 1.29 is 0 Å². The summed E-state index contributed by atoms with van der Waals surface area (Å²) >= 11 is 1.88. The zero-order valence-electron chi connectivity index (χ0n) is 32.7. The second-order valence-electron chi connectivity index (χ2n) is 15.7. The molecular weight excluding hydrogens is 743 g/mol. The maximum Gasteiger partial charge on any atom is 0.0646 e. The molecule has 12 aromatic rings. The fraction of sp³-hybridized carbons (Fsp3) is 0. The van der Waals surface area contributed by atoms with E-state index in [0.717, 1.165) is 11.4 Å². The third-order valence-electron chi connectivity index (χ3n) is 12.2. The van der Waals surface area contributed by atoms with Crippen LogP contribution in [0.2, 0.25) is 0 Å². The van der Waals surface area contributed by atoms with Crippen LogP contribution in [0.5, 0.6) is 0 Å². The van der Waals surface area contributed by atoms with Gasteiger partial charge in [-0.15, -0.1) is 11.3 Å². The van der Waals surface area contributed by atoms with Crippen molar-refractivity contribution in [1.82, 2.24) is 0 Å². The first-order valence-corrected chi connectivity index (χ1v) is 21.4. The molecule has 0 aliphatic rings. The van der Waals surface area contributed by atoms with Crippen LogP contribution in [0.15, 0.2) is 224 Å². The molecule has 0 bridgehead atoms. The quantitative estimate of drug-likeness (QED) is 0.162. The Balaban J connectivity index is 0.955. The molecule has 0 spiro atoms. The Kier molecular flexibility index (Phi) is 8.11. The standard InChI is InChI=1S/C58H37NS/c1-3-11-42-33-44(19-17-38(42)9-1)40-25-29-51(30-26-40)59(55-37-50-13-5-6-14-53(50)57-54-15-7-8-16-56(54)60-58(55)57)52-31-27-41(28-32-52)45-21-22-48-36-49(24-23-47(48)35-45)46-20-18-39-10-2-4-12-43(39)34-46/h1-37H. The van der Waals surface area contributed by atoms with Crippen molar-refractivity contribution in [2.75, 3.05) is 4.90 Å². The van der Waals surface area contributed by atoms with Crippen LogP contribution in [0.3, 0.4) is 0 Å². The second-order valence-corrected chi connectivity index (χ2v) is 16.8. The molecule has 0 unspecified atom stereocenters. The van der Waals surface area contributed by atoms with Crippen LogP contribution < -0.4 is 4.90 Å². The molecule has 60 heavy (non-hydrogen) atoms. The number of hydrogen-bond donors (Lipinski definition) is 0. The maximum atomic E-state index is 2.45. The molecule has 0 atom stereocenters. The first-order valence-electron chi connectivity index (χ1n) is 20.6. The molecule has 280 valence electrons. The van der Waals surface area contributed by atoms with Gasteiger partial charge in [0.05, 0.1) is 10.4 Å². The van der Waals surface area contributed by atoms with Crippen LogP contribution >= 0.6 is 11.3 Å². The molecule has 0 fully saturated rings. The highest BCUT2D eigenvalue weighted by Gasteiger charge is 2.21. The van der Waals surface area contributed by atoms with E-state index in [4.69, 9.17) is 0 Å². The van der Waals surface area contributed by atoms with Crippen molar-refractivity contribution in [1.29, 1.82) is 0 Å². The van der Waals surface area contributed by atoms with Crippen molar-refractivity contribution >= 4 is 91.7 Å². The summed E-state index contributed by atoms with van der Waals surface area (Å²) in [5, 5.41) is 12.7. The molecule has 1 aromatic heterocycles. The third kappa shape index (κ3) is 5.92. The molecule has 0 N–H and O–H groups in total. The predicted octanol–water partition coefficient (Wildman–Crippen LogP) is 17.1. The van der Waals surface area contributed by atoms with Crippen LogP contribution in [-0.4, -0.2) is 0 Å². The molecule has 0 saturated carbocycles. The lowest BCUT2D eigenvalue weighted by molar-refractivity contribution is 1.30. The minimum Gasteiger partial charge on any atom is -0.309 e. The average Bonchev–Trinajstić information content (AvgIpc) is 3.72. The summed E-state index contributed by atoms with van der Waals surface area (Å²) in [6.45, 7) is 0. The molecule has 0 aliphatic heterocycles. The van der Waals surface area contributed by atoms with Crippen LogP contribution in [-0.2, 0) is 0 Å². The Morgan fingerprint density at radius 3 is 1.20 bits per heavy atom. The van der Waals surface area contributed by atoms with Gasteiger partial charge >= 0.3 is 0 Å². The molecular formula is C58H37NS. The van der Waals surface area contributed by atoms with Gasteiger partial charge in [-0.25, -0.2) is 0 Å². The fourth-order valence-electron chi connectivity index (χ4n) is 9.10. The van der Waals surface area contributed by atoms with Gasteiger partial charge in [-0.05, 0) is 137 Å². The van der Waals surface area contributed by atoms with Crippen LogP contribution in [0.1, 0.15) is 0 Å². The summed E-state index contributed by atoms with van der Waals surface area (Å²) in [5.41, 5.74) is 10.7. The Morgan fingerprint density at radius 1 is 0.283 bits per heavy atom. The van der Waals surface area contributed by atoms with Gasteiger partial charge in [0.1, 0.15) is 0 Å². The number of rotatable bonds is 6. The van der Waals surface area contributed by atoms with E-state index in [-0.39, 0.29) is 0 Å². The van der Waals surface area contributed by atoms with Crippen molar-refractivity contribution in [3.63, 3.8) is 0 Å². The van der Waals surface area contributed by atoms with Crippen molar-refractivity contribution in [3.05, 3.63) is 224 Å². The summed E-state index contributed by atoms with van der Waals surface area (Å²) in [7, 11) is 0. The number of thiophene rings is 1. The number of nitrogens with zero attached hydrogens (tertiary/aromatic N) is 1. The van der Waals surface area contributed by atoms with Gasteiger partial charge in [0.25, 0.3) is 0 Å². The third-order valence-corrected chi connectivity index (χ3v) is 13.4. The summed E-state index contributed by atoms with van der Waals surface area (Å²) < 4.78 is 2.59. The van der Waals surface area contributed by atoms with Crippen LogP contribution in [0.4, 0.5) is 17.1 Å².